The summed E-state index contributed by atoms with van der Waals surface area (Å²) in [6.07, 6.45) is 2.44. The maximum atomic E-state index is 13.3. The molecule has 0 saturated carbocycles. The van der Waals surface area contributed by atoms with Crippen molar-refractivity contribution in [2.24, 2.45) is 0 Å². The van der Waals surface area contributed by atoms with Crippen molar-refractivity contribution < 1.29 is 24.2 Å². The van der Waals surface area contributed by atoms with Crippen LogP contribution in [0.3, 0.4) is 0 Å². The number of fused-ring (bicyclic) bond motifs is 1. The van der Waals surface area contributed by atoms with E-state index in [4.69, 9.17) is 4.98 Å². The number of aromatic amines is 1. The van der Waals surface area contributed by atoms with Crippen molar-refractivity contribution in [3.8, 4) is 17.1 Å². The van der Waals surface area contributed by atoms with E-state index >= 15 is 0 Å². The van der Waals surface area contributed by atoms with Gasteiger partial charge in [-0.05, 0) is 0 Å². The van der Waals surface area contributed by atoms with Crippen LogP contribution in [-0.2, 0) is 30.7 Å². The van der Waals surface area contributed by atoms with Crippen molar-refractivity contribution in [1.82, 2.24) is 14.5 Å². The Hall–Kier alpha value is -3.00. The van der Waals surface area contributed by atoms with Crippen LogP contribution in [0.15, 0.2) is 95.9 Å². The Balaban J connectivity index is 1.64. The first-order valence-corrected chi connectivity index (χ1v) is 14.5. The molecule has 0 aliphatic carbocycles. The van der Waals surface area contributed by atoms with Crippen molar-refractivity contribution >= 4 is 6.38 Å². The summed E-state index contributed by atoms with van der Waals surface area (Å²) >= 11 is -1.63. The summed E-state index contributed by atoms with van der Waals surface area (Å²) in [4.78, 5) is 21.7. The molecule has 3 aromatic rings. The van der Waals surface area contributed by atoms with Crippen LogP contribution in [-0.4, -0.2) is 14.5 Å². The molecule has 148 valence electrons. The monoisotopic (exact) mass is 505 g/mol. The van der Waals surface area contributed by atoms with Gasteiger partial charge in [0.25, 0.3) is 0 Å². The Bertz CT molecular complexity index is 1340. The van der Waals surface area contributed by atoms with Gasteiger partial charge in [0.15, 0.2) is 0 Å². The molecule has 5 rings (SSSR count). The summed E-state index contributed by atoms with van der Waals surface area (Å²) in [5, 5.41) is 0. The number of hydrogen-bond acceptors (Lipinski definition) is 2. The molecule has 0 amide bonds. The number of nitrogens with zero attached hydrogens (tertiary/aromatic N) is 2. The second kappa shape index (κ2) is 8.63. The molecule has 3 aromatic carbocycles. The summed E-state index contributed by atoms with van der Waals surface area (Å²) in [5.74, 6) is 0.784. The number of H-pyrrole nitrogens is 1. The molecular formula is C26H21CdN3O. The molecule has 1 N–H and O–H groups in total. The van der Waals surface area contributed by atoms with Gasteiger partial charge in [0, 0.05) is 0 Å². The van der Waals surface area contributed by atoms with Gasteiger partial charge >= 0.3 is 194 Å². The number of nitrogens with one attached hydrogen (secondary N) is 1. The van der Waals surface area contributed by atoms with Gasteiger partial charge in [-0.15, -0.1) is 0 Å². The molecule has 2 aliphatic heterocycles. The number of aryl methyl sites for hydroxylation is 1. The minimum atomic E-state index is -1.63. The van der Waals surface area contributed by atoms with Crippen LogP contribution in [0.25, 0.3) is 17.1 Å². The van der Waals surface area contributed by atoms with E-state index in [1.54, 1.807) is 4.57 Å². The number of imidazole rings is 1. The van der Waals surface area contributed by atoms with Gasteiger partial charge in [-0.2, -0.15) is 0 Å². The Morgan fingerprint density at radius 1 is 0.903 bits per heavy atom. The molecule has 0 fully saturated rings. The van der Waals surface area contributed by atoms with Crippen LogP contribution in [0.2, 0.25) is 0 Å². The fourth-order valence-corrected chi connectivity index (χ4v) is 8.35. The summed E-state index contributed by atoms with van der Waals surface area (Å²) in [7, 11) is 0. The average Bonchev–Trinajstić information content (AvgIpc) is 3.12. The van der Waals surface area contributed by atoms with Crippen molar-refractivity contribution in [3.63, 3.8) is 0 Å². The summed E-state index contributed by atoms with van der Waals surface area (Å²) in [5.41, 5.74) is 4.95. The summed E-state index contributed by atoms with van der Waals surface area (Å²) in [6, 6.07) is 29.0. The SMILES string of the molecule is Cc1cc[c]([Cd][c]2[nH]c(-c3ccccc3)cn3c(=O)c(Cc4ccccc4)nc2-3)cc1. The van der Waals surface area contributed by atoms with Gasteiger partial charge in [0.1, 0.15) is 0 Å². The van der Waals surface area contributed by atoms with Crippen molar-refractivity contribution in [2.75, 3.05) is 0 Å². The number of hydrogen-bond donors (Lipinski definition) is 1. The zero-order valence-electron chi connectivity index (χ0n) is 17.4. The number of aromatic nitrogens is 3. The first-order valence-electron chi connectivity index (χ1n) is 10.5. The van der Waals surface area contributed by atoms with Crippen LogP contribution >= 0.6 is 0 Å². The number of rotatable bonds is 5. The van der Waals surface area contributed by atoms with E-state index in [1.165, 1.54) is 8.69 Å². The van der Waals surface area contributed by atoms with Crippen molar-refractivity contribution in [3.05, 3.63) is 118 Å². The van der Waals surface area contributed by atoms with E-state index in [1.807, 2.05) is 54.7 Å². The normalized spacial score (nSPS) is 10.9. The molecule has 0 atom stereocenters. The van der Waals surface area contributed by atoms with E-state index in [-0.39, 0.29) is 5.56 Å². The minimum absolute atomic E-state index is 0.0264. The third-order valence-electron chi connectivity index (χ3n) is 5.55. The molecule has 31 heavy (non-hydrogen) atoms. The standard InChI is InChI=1S/C19H14N3O.C7H7.Cd/c23-19-16(11-14-7-3-1-4-8-14)21-18-12-20-17(13-22(18)19)15-9-5-2-6-10-15;1-7-5-3-2-4-6-7;/h1-10,13,20H,11H2;3-6H,1H3;. The second-order valence-corrected chi connectivity index (χ2v) is 13.3. The fraction of sp³-hybridized carbons (Fsp3) is 0.0769. The van der Waals surface area contributed by atoms with Gasteiger partial charge in [-0.3, -0.25) is 0 Å². The third-order valence-corrected chi connectivity index (χ3v) is 10.5. The molecule has 4 nitrogen and oxygen atoms in total. The van der Waals surface area contributed by atoms with E-state index in [0.717, 1.165) is 25.9 Å². The molecule has 2 aliphatic rings. The summed E-state index contributed by atoms with van der Waals surface area (Å²) in [6.45, 7) is 2.10. The quantitative estimate of drug-likeness (QED) is 0.373. The number of benzene rings is 3. The van der Waals surface area contributed by atoms with E-state index in [0.29, 0.717) is 12.1 Å². The molecule has 5 heteroatoms. The first-order chi connectivity index (χ1) is 15.2. The zero-order valence-corrected chi connectivity index (χ0v) is 21.4. The Kier molecular flexibility index (Phi) is 5.55. The summed E-state index contributed by atoms with van der Waals surface area (Å²) < 4.78 is 4.27. The van der Waals surface area contributed by atoms with Crippen LogP contribution < -0.4 is 11.9 Å². The Morgan fingerprint density at radius 2 is 1.58 bits per heavy atom. The molecule has 0 saturated heterocycles. The molecule has 0 spiro atoms. The molecule has 0 aromatic heterocycles. The van der Waals surface area contributed by atoms with Gasteiger partial charge in [0.05, 0.1) is 0 Å². The first kappa shape index (κ1) is 19.9. The zero-order chi connectivity index (χ0) is 21.2. The third kappa shape index (κ3) is 4.25. The van der Waals surface area contributed by atoms with Crippen LogP contribution in [0.5, 0.6) is 0 Å². The molecule has 0 unspecified atom stereocenters. The van der Waals surface area contributed by atoms with E-state index < -0.39 is 24.2 Å². The second-order valence-electron chi connectivity index (χ2n) is 7.89. The van der Waals surface area contributed by atoms with Crippen LogP contribution in [0.1, 0.15) is 16.8 Å². The van der Waals surface area contributed by atoms with Gasteiger partial charge in [-0.1, -0.05) is 0 Å². The fourth-order valence-electron chi connectivity index (χ4n) is 3.88. The van der Waals surface area contributed by atoms with Crippen LogP contribution in [0.4, 0.5) is 0 Å². The molecule has 2 heterocycles. The topological polar surface area (TPSA) is 50.7 Å². The van der Waals surface area contributed by atoms with Crippen molar-refractivity contribution in [1.29, 1.82) is 0 Å². The average molecular weight is 504 g/mol. The van der Waals surface area contributed by atoms with Crippen molar-refractivity contribution in [2.45, 2.75) is 13.3 Å². The van der Waals surface area contributed by atoms with E-state index in [2.05, 4.69) is 48.3 Å². The Morgan fingerprint density at radius 3 is 2.29 bits per heavy atom. The maximum absolute atomic E-state index is 13.3. The molecule has 0 radical (unpaired) electrons. The predicted molar refractivity (Wildman–Crippen MR) is 121 cm³/mol. The van der Waals surface area contributed by atoms with Crippen LogP contribution in [0, 0.1) is 6.92 Å². The molecule has 0 bridgehead atoms. The molecular weight excluding hydrogens is 483 g/mol. The predicted octanol–water partition coefficient (Wildman–Crippen LogP) is 3.60. The Labute approximate surface area is 193 Å². The van der Waals surface area contributed by atoms with Gasteiger partial charge < -0.3 is 0 Å². The van der Waals surface area contributed by atoms with Gasteiger partial charge in [-0.25, -0.2) is 0 Å². The van der Waals surface area contributed by atoms with Gasteiger partial charge in [0.2, 0.25) is 0 Å². The van der Waals surface area contributed by atoms with E-state index in [9.17, 15) is 4.79 Å².